The molecule has 0 radical (unpaired) electrons. The quantitative estimate of drug-likeness (QED) is 0.239. The smallest absolute Gasteiger partial charge is 0.195 e. The Hall–Kier alpha value is -3.44. The number of aryl methyl sites for hydroxylation is 1. The molecule has 0 aliphatic rings. The van der Waals surface area contributed by atoms with Gasteiger partial charge in [0.1, 0.15) is 0 Å². The zero-order chi connectivity index (χ0) is 23.8. The van der Waals surface area contributed by atoms with E-state index < -0.39 is 11.0 Å². The molecule has 0 amide bonds. The number of rotatable bonds is 7. The molecule has 172 valence electrons. The number of hydrazine groups is 1. The lowest BCUT2D eigenvalue weighted by atomic mass is 10.1. The molecule has 0 saturated carbocycles. The average Bonchev–Trinajstić information content (AvgIpc) is 3.22. The molecule has 33 heavy (non-hydrogen) atoms. The van der Waals surface area contributed by atoms with Crippen LogP contribution in [0.25, 0.3) is 32.8 Å². The van der Waals surface area contributed by atoms with Crippen molar-refractivity contribution in [3.05, 3.63) is 83.6 Å². The first-order valence-electron chi connectivity index (χ1n) is 10.2. The van der Waals surface area contributed by atoms with Crippen molar-refractivity contribution >= 4 is 32.7 Å². The van der Waals surface area contributed by atoms with E-state index in [-0.39, 0.29) is 5.43 Å². The lowest BCUT2D eigenvalue weighted by Crippen LogP contribution is -2.25. The number of nitrogens with zero attached hydrogens (tertiary/aromatic N) is 3. The monoisotopic (exact) mass is 465 g/mol. The predicted octanol–water partition coefficient (Wildman–Crippen LogP) is 1.45. The molecule has 1 atom stereocenters. The van der Waals surface area contributed by atoms with Crippen molar-refractivity contribution in [2.75, 3.05) is 13.1 Å². The van der Waals surface area contributed by atoms with Crippen molar-refractivity contribution in [3.8, 4) is 11.1 Å². The van der Waals surface area contributed by atoms with Crippen LogP contribution in [-0.2, 0) is 23.8 Å². The van der Waals surface area contributed by atoms with Crippen LogP contribution in [0.3, 0.4) is 0 Å². The Labute approximate surface area is 194 Å². The molecule has 0 saturated heterocycles. The molecule has 0 bridgehead atoms. The summed E-state index contributed by atoms with van der Waals surface area (Å²) in [5, 5.41) is 6.13. The van der Waals surface area contributed by atoms with Gasteiger partial charge in [-0.2, -0.15) is 5.10 Å². The fourth-order valence-electron chi connectivity index (χ4n) is 3.24. The molecule has 4 rings (SSSR count). The summed E-state index contributed by atoms with van der Waals surface area (Å²) in [4.78, 5) is 17.8. The molecule has 2 aromatic carbocycles. The fraction of sp³-hybridized carbons (Fsp3) is 0.174. The topological polar surface area (TPSA) is 141 Å². The molecule has 0 aliphatic carbocycles. The van der Waals surface area contributed by atoms with Gasteiger partial charge in [0.15, 0.2) is 5.43 Å². The zero-order valence-electron chi connectivity index (χ0n) is 18.3. The summed E-state index contributed by atoms with van der Waals surface area (Å²) in [6.07, 6.45) is 6.79. The number of pyridine rings is 1. The van der Waals surface area contributed by atoms with Gasteiger partial charge in [-0.3, -0.25) is 20.3 Å². The van der Waals surface area contributed by atoms with E-state index in [0.717, 1.165) is 22.1 Å². The number of hydrogen-bond acceptors (Lipinski definition) is 7. The number of fused-ring (bicyclic) bond motifs is 2. The summed E-state index contributed by atoms with van der Waals surface area (Å²) in [6.45, 7) is 4.14. The Morgan fingerprint density at radius 1 is 1.15 bits per heavy atom. The summed E-state index contributed by atoms with van der Waals surface area (Å²) in [5.74, 6) is 4.97. The number of hydrogen-bond donors (Lipinski definition) is 4. The van der Waals surface area contributed by atoms with Crippen LogP contribution in [0.2, 0.25) is 0 Å². The molecule has 9 nitrogen and oxygen atoms in total. The van der Waals surface area contributed by atoms with E-state index in [1.165, 1.54) is 6.20 Å². The first kappa shape index (κ1) is 24.2. The Bertz CT molecular complexity index is 1350. The highest BCUT2D eigenvalue weighted by atomic mass is 32.2. The first-order valence-corrected chi connectivity index (χ1v) is 11.5. The molecule has 0 aliphatic heterocycles. The third kappa shape index (κ3) is 6.08. The fourth-order valence-corrected chi connectivity index (χ4v) is 4.17. The second kappa shape index (κ2) is 11.4. The second-order valence-electron chi connectivity index (χ2n) is 7.19. The van der Waals surface area contributed by atoms with Gasteiger partial charge in [0.05, 0.1) is 28.5 Å². The lowest BCUT2D eigenvalue weighted by Gasteiger charge is -2.04. The van der Waals surface area contributed by atoms with Gasteiger partial charge < -0.3 is 11.2 Å². The third-order valence-electron chi connectivity index (χ3n) is 4.81. The normalized spacial score (nSPS) is 11.6. The Kier molecular flexibility index (Phi) is 8.39. The zero-order valence-corrected chi connectivity index (χ0v) is 19.1. The lowest BCUT2D eigenvalue weighted by molar-refractivity contribution is 0.671. The maximum Gasteiger partial charge on any atom is 0.195 e. The molecule has 1 unspecified atom stereocenters. The summed E-state index contributed by atoms with van der Waals surface area (Å²) < 4.78 is 16.7. The standard InChI is InChI=1S/C21H21N5O2S.C2H6N2/c1-26-12-17(11-24-26)16-9-19-20(23-10-16)5-4-15-3-2-14(8-18(15)21(19)27)13-29(28)25-7-6-22;1-2-4-3/h2-5,8-12,25H,6-7,13,22H2,1H3;2,4H,1,3H2. The van der Waals surface area contributed by atoms with Crippen molar-refractivity contribution in [2.45, 2.75) is 5.75 Å². The number of nitrogens with one attached hydrogen (secondary N) is 2. The summed E-state index contributed by atoms with van der Waals surface area (Å²) in [5.41, 5.74) is 10.7. The summed E-state index contributed by atoms with van der Waals surface area (Å²) in [6, 6.07) is 11.2. The molecule has 6 N–H and O–H groups in total. The van der Waals surface area contributed by atoms with Crippen LogP contribution in [-0.4, -0.2) is 32.1 Å². The molecule has 0 fully saturated rings. The molecule has 0 spiro atoms. The van der Waals surface area contributed by atoms with Crippen molar-refractivity contribution in [2.24, 2.45) is 18.6 Å². The van der Waals surface area contributed by atoms with Gasteiger partial charge in [-0.05, 0) is 29.1 Å². The highest BCUT2D eigenvalue weighted by Gasteiger charge is 2.09. The van der Waals surface area contributed by atoms with E-state index in [2.05, 4.69) is 32.7 Å². The summed E-state index contributed by atoms with van der Waals surface area (Å²) >= 11 is 0. The molecule has 2 heterocycles. The van der Waals surface area contributed by atoms with E-state index in [0.29, 0.717) is 35.1 Å². The van der Waals surface area contributed by atoms with Gasteiger partial charge in [-0.25, -0.2) is 8.93 Å². The van der Waals surface area contributed by atoms with E-state index in [1.54, 1.807) is 17.1 Å². The van der Waals surface area contributed by atoms with Crippen LogP contribution in [0.5, 0.6) is 0 Å². The van der Waals surface area contributed by atoms with Gasteiger partial charge in [-0.15, -0.1) is 0 Å². The number of nitrogens with two attached hydrogens (primary N) is 2. The van der Waals surface area contributed by atoms with Gasteiger partial charge in [0.25, 0.3) is 0 Å². The molecule has 4 aromatic rings. The van der Waals surface area contributed by atoms with E-state index in [9.17, 15) is 9.00 Å². The predicted molar refractivity (Wildman–Crippen MR) is 134 cm³/mol. The maximum atomic E-state index is 13.3. The van der Waals surface area contributed by atoms with E-state index >= 15 is 0 Å². The maximum absolute atomic E-state index is 13.3. The minimum absolute atomic E-state index is 0.0965. The van der Waals surface area contributed by atoms with Crippen LogP contribution < -0.4 is 27.2 Å². The van der Waals surface area contributed by atoms with Crippen molar-refractivity contribution in [1.29, 1.82) is 0 Å². The third-order valence-corrected chi connectivity index (χ3v) is 5.93. The van der Waals surface area contributed by atoms with E-state index in [4.69, 9.17) is 5.73 Å². The van der Waals surface area contributed by atoms with Gasteiger partial charge in [0, 0.05) is 60.6 Å². The minimum Gasteiger partial charge on any atom is -0.332 e. The molecule has 2 aromatic heterocycles. The summed E-state index contributed by atoms with van der Waals surface area (Å²) in [7, 11) is 0.606. The first-order chi connectivity index (χ1) is 16.0. The van der Waals surface area contributed by atoms with E-state index in [1.807, 2.05) is 49.6 Å². The van der Waals surface area contributed by atoms with Gasteiger partial charge >= 0.3 is 0 Å². The van der Waals surface area contributed by atoms with Gasteiger partial charge in [0.2, 0.25) is 0 Å². The van der Waals surface area contributed by atoms with Crippen LogP contribution in [0.4, 0.5) is 0 Å². The van der Waals surface area contributed by atoms with Crippen molar-refractivity contribution in [1.82, 2.24) is 24.9 Å². The molecular formula is C23H27N7O2S. The molecule has 10 heteroatoms. The second-order valence-corrected chi connectivity index (χ2v) is 8.46. The van der Waals surface area contributed by atoms with Crippen LogP contribution in [0.15, 0.2) is 72.6 Å². The Morgan fingerprint density at radius 2 is 1.91 bits per heavy atom. The Morgan fingerprint density at radius 3 is 2.58 bits per heavy atom. The number of aromatic nitrogens is 3. The van der Waals surface area contributed by atoms with Gasteiger partial charge in [-0.1, -0.05) is 24.8 Å². The highest BCUT2D eigenvalue weighted by molar-refractivity contribution is 7.82. The SMILES string of the molecule is C=CNN.Cn1cc(-c2cnc3ccc4ccc(CS(=O)NCCN)cc4c(=O)c3c2)cn1. The number of benzene rings is 1. The Balaban J connectivity index is 0.000000709. The van der Waals surface area contributed by atoms with Crippen LogP contribution in [0.1, 0.15) is 5.56 Å². The van der Waals surface area contributed by atoms with Crippen molar-refractivity contribution in [3.63, 3.8) is 0 Å². The van der Waals surface area contributed by atoms with Crippen LogP contribution >= 0.6 is 0 Å². The minimum atomic E-state index is -1.24. The van der Waals surface area contributed by atoms with Crippen LogP contribution in [0, 0.1) is 0 Å². The molecular weight excluding hydrogens is 438 g/mol. The average molecular weight is 466 g/mol. The highest BCUT2D eigenvalue weighted by Crippen LogP contribution is 2.22. The largest absolute Gasteiger partial charge is 0.332 e. The van der Waals surface area contributed by atoms with Crippen molar-refractivity contribution < 1.29 is 4.21 Å².